The van der Waals surface area contributed by atoms with E-state index in [0.717, 1.165) is 27.0 Å². The van der Waals surface area contributed by atoms with Gasteiger partial charge < -0.3 is 5.32 Å². The maximum Gasteiger partial charge on any atom is 0.326 e. The van der Waals surface area contributed by atoms with Crippen molar-refractivity contribution in [3.8, 4) is 11.4 Å². The maximum atomic E-state index is 13.3. The SMILES string of the molecule is O=C(Nc1ccc(-c2nn[nH]n2)cc1)N(Cc1ccncc1)c1ccc2nc(S)sc2c1. The summed E-state index contributed by atoms with van der Waals surface area (Å²) in [5.41, 5.74) is 4.02. The molecular formula is C21H16N8OS2. The molecule has 0 aliphatic heterocycles. The lowest BCUT2D eigenvalue weighted by atomic mass is 10.2. The summed E-state index contributed by atoms with van der Waals surface area (Å²) in [6.45, 7) is 0.382. The third-order valence-electron chi connectivity index (χ3n) is 4.75. The number of H-pyrrole nitrogens is 1. The number of hydrogen-bond acceptors (Lipinski definition) is 8. The van der Waals surface area contributed by atoms with Gasteiger partial charge in [0.25, 0.3) is 0 Å². The second-order valence-electron chi connectivity index (χ2n) is 6.83. The van der Waals surface area contributed by atoms with E-state index < -0.39 is 0 Å². The van der Waals surface area contributed by atoms with Crippen LogP contribution in [0.15, 0.2) is 71.3 Å². The van der Waals surface area contributed by atoms with Crippen LogP contribution in [0.5, 0.6) is 0 Å². The lowest BCUT2D eigenvalue weighted by Crippen LogP contribution is -2.34. The number of aromatic nitrogens is 6. The van der Waals surface area contributed by atoms with Crippen molar-refractivity contribution in [2.45, 2.75) is 10.9 Å². The molecule has 3 heterocycles. The van der Waals surface area contributed by atoms with Gasteiger partial charge in [0.15, 0.2) is 0 Å². The first-order chi connectivity index (χ1) is 15.7. The second-order valence-corrected chi connectivity index (χ2v) is 8.59. The van der Waals surface area contributed by atoms with Gasteiger partial charge >= 0.3 is 6.03 Å². The summed E-state index contributed by atoms with van der Waals surface area (Å²) >= 11 is 5.81. The molecule has 0 bridgehead atoms. The van der Waals surface area contributed by atoms with E-state index in [4.69, 9.17) is 0 Å². The number of benzene rings is 2. The zero-order valence-electron chi connectivity index (χ0n) is 16.5. The van der Waals surface area contributed by atoms with E-state index in [1.165, 1.54) is 11.3 Å². The average molecular weight is 461 g/mol. The monoisotopic (exact) mass is 460 g/mol. The summed E-state index contributed by atoms with van der Waals surface area (Å²) in [6.07, 6.45) is 3.42. The van der Waals surface area contributed by atoms with Crippen LogP contribution in [0.4, 0.5) is 16.2 Å². The number of nitrogens with zero attached hydrogens (tertiary/aromatic N) is 6. The minimum atomic E-state index is -0.260. The fourth-order valence-corrected chi connectivity index (χ4v) is 4.34. The molecule has 0 unspecified atom stereocenters. The molecule has 0 saturated carbocycles. The third kappa shape index (κ3) is 4.29. The van der Waals surface area contributed by atoms with E-state index in [0.29, 0.717) is 22.4 Å². The zero-order chi connectivity index (χ0) is 21.9. The Morgan fingerprint density at radius 3 is 2.66 bits per heavy atom. The molecule has 9 nitrogen and oxygen atoms in total. The fraction of sp³-hybridized carbons (Fsp3) is 0.0476. The van der Waals surface area contributed by atoms with Gasteiger partial charge in [0.2, 0.25) is 5.82 Å². The van der Waals surface area contributed by atoms with Gasteiger partial charge in [0, 0.05) is 29.3 Å². The number of thiazole rings is 1. The van der Waals surface area contributed by atoms with Gasteiger partial charge in [-0.2, -0.15) is 5.21 Å². The smallest absolute Gasteiger partial charge is 0.308 e. The van der Waals surface area contributed by atoms with Crippen molar-refractivity contribution < 1.29 is 4.79 Å². The Morgan fingerprint density at radius 1 is 1.09 bits per heavy atom. The molecule has 5 aromatic rings. The lowest BCUT2D eigenvalue weighted by molar-refractivity contribution is 0.256. The number of nitrogens with one attached hydrogen (secondary N) is 2. The van der Waals surface area contributed by atoms with Crippen molar-refractivity contribution in [1.82, 2.24) is 30.6 Å². The topological polar surface area (TPSA) is 113 Å². The molecule has 0 aliphatic carbocycles. The van der Waals surface area contributed by atoms with E-state index in [2.05, 4.69) is 48.5 Å². The van der Waals surface area contributed by atoms with Crippen LogP contribution in [0.3, 0.4) is 0 Å². The fourth-order valence-electron chi connectivity index (χ4n) is 3.20. The van der Waals surface area contributed by atoms with Gasteiger partial charge in [-0.05, 0) is 65.4 Å². The lowest BCUT2D eigenvalue weighted by Gasteiger charge is -2.23. The number of fused-ring (bicyclic) bond motifs is 1. The van der Waals surface area contributed by atoms with Crippen LogP contribution < -0.4 is 10.2 Å². The van der Waals surface area contributed by atoms with Gasteiger partial charge in [-0.15, -0.1) is 34.2 Å². The molecule has 0 atom stereocenters. The number of tetrazole rings is 1. The highest BCUT2D eigenvalue weighted by Crippen LogP contribution is 2.30. The van der Waals surface area contributed by atoms with E-state index in [1.54, 1.807) is 29.4 Å². The quantitative estimate of drug-likeness (QED) is 0.335. The maximum absolute atomic E-state index is 13.3. The highest BCUT2D eigenvalue weighted by atomic mass is 32.2. The molecule has 5 rings (SSSR count). The highest BCUT2D eigenvalue weighted by molar-refractivity contribution is 7.82. The summed E-state index contributed by atoms with van der Waals surface area (Å²) in [5, 5.41) is 16.9. The summed E-state index contributed by atoms with van der Waals surface area (Å²) < 4.78 is 1.65. The first kappa shape index (κ1) is 20.1. The molecule has 158 valence electrons. The minimum Gasteiger partial charge on any atom is -0.308 e. The van der Waals surface area contributed by atoms with Crippen LogP contribution in [0.2, 0.25) is 0 Å². The van der Waals surface area contributed by atoms with Crippen LogP contribution in [0.25, 0.3) is 21.6 Å². The normalized spacial score (nSPS) is 10.9. The number of pyridine rings is 1. The van der Waals surface area contributed by atoms with Crippen LogP contribution in [0.1, 0.15) is 5.56 Å². The Labute approximate surface area is 191 Å². The molecule has 0 aliphatic rings. The Bertz CT molecular complexity index is 1350. The molecule has 0 saturated heterocycles. The van der Waals surface area contributed by atoms with E-state index in [1.807, 2.05) is 42.5 Å². The molecule has 2 aromatic carbocycles. The Morgan fingerprint density at radius 2 is 1.91 bits per heavy atom. The van der Waals surface area contributed by atoms with Gasteiger partial charge in [-0.1, -0.05) is 0 Å². The molecule has 0 spiro atoms. The van der Waals surface area contributed by atoms with Crippen molar-refractivity contribution in [1.29, 1.82) is 0 Å². The summed E-state index contributed by atoms with van der Waals surface area (Å²) in [4.78, 5) is 23.4. The number of anilines is 2. The summed E-state index contributed by atoms with van der Waals surface area (Å²) in [7, 11) is 0. The zero-order valence-corrected chi connectivity index (χ0v) is 18.2. The average Bonchev–Trinajstić information content (AvgIpc) is 3.47. The van der Waals surface area contributed by atoms with Crippen LogP contribution in [-0.4, -0.2) is 36.6 Å². The number of urea groups is 1. The number of thiol groups is 1. The third-order valence-corrected chi connectivity index (χ3v) is 5.94. The van der Waals surface area contributed by atoms with E-state index in [9.17, 15) is 4.79 Å². The number of hydrogen-bond donors (Lipinski definition) is 3. The molecule has 0 radical (unpaired) electrons. The van der Waals surface area contributed by atoms with Crippen molar-refractivity contribution in [2.24, 2.45) is 0 Å². The van der Waals surface area contributed by atoms with Gasteiger partial charge in [0.1, 0.15) is 4.34 Å². The van der Waals surface area contributed by atoms with Crippen LogP contribution in [-0.2, 0) is 6.54 Å². The van der Waals surface area contributed by atoms with E-state index >= 15 is 0 Å². The molecule has 0 fully saturated rings. The predicted molar refractivity (Wildman–Crippen MR) is 126 cm³/mol. The van der Waals surface area contributed by atoms with Crippen molar-refractivity contribution in [3.05, 3.63) is 72.6 Å². The Hall–Kier alpha value is -3.83. The van der Waals surface area contributed by atoms with Crippen molar-refractivity contribution in [2.75, 3.05) is 10.2 Å². The number of amides is 2. The van der Waals surface area contributed by atoms with E-state index in [-0.39, 0.29) is 6.03 Å². The van der Waals surface area contributed by atoms with Crippen LogP contribution in [0, 0.1) is 0 Å². The van der Waals surface area contributed by atoms with Crippen molar-refractivity contribution in [3.63, 3.8) is 0 Å². The number of rotatable bonds is 5. The highest BCUT2D eigenvalue weighted by Gasteiger charge is 2.18. The predicted octanol–water partition coefficient (Wildman–Crippen LogP) is 4.40. The Balaban J connectivity index is 1.42. The number of carbonyl (C=O) groups is 1. The van der Waals surface area contributed by atoms with Crippen LogP contribution >= 0.6 is 24.0 Å². The first-order valence-electron chi connectivity index (χ1n) is 9.56. The van der Waals surface area contributed by atoms with Gasteiger partial charge in [0.05, 0.1) is 16.8 Å². The molecule has 32 heavy (non-hydrogen) atoms. The number of carbonyl (C=O) groups excluding carboxylic acids is 1. The molecule has 3 aromatic heterocycles. The minimum absolute atomic E-state index is 0.260. The standard InChI is InChI=1S/C21H16N8OS2/c30-20(23-15-3-1-14(2-4-15)19-25-27-28-26-19)29(12-13-7-9-22-10-8-13)16-5-6-17-18(11-16)32-21(31)24-17/h1-11H,12H2,(H,23,30)(H,24,31)(H,25,26,27,28). The van der Waals surface area contributed by atoms with Crippen molar-refractivity contribution >= 4 is 51.6 Å². The van der Waals surface area contributed by atoms with Gasteiger partial charge in [-0.3, -0.25) is 9.88 Å². The Kier molecular flexibility index (Phi) is 5.48. The van der Waals surface area contributed by atoms with Gasteiger partial charge in [-0.25, -0.2) is 9.78 Å². The molecule has 2 N–H and O–H groups in total. The number of aromatic amines is 1. The summed E-state index contributed by atoms with van der Waals surface area (Å²) in [6, 6.07) is 16.5. The largest absolute Gasteiger partial charge is 0.326 e. The first-order valence-corrected chi connectivity index (χ1v) is 10.8. The second kappa shape index (κ2) is 8.73. The molecular weight excluding hydrogens is 444 g/mol. The molecule has 11 heteroatoms. The summed E-state index contributed by atoms with van der Waals surface area (Å²) in [5.74, 6) is 0.489. The molecule has 2 amide bonds.